The fourth-order valence-corrected chi connectivity index (χ4v) is 2.99. The predicted molar refractivity (Wildman–Crippen MR) is 99.0 cm³/mol. The minimum absolute atomic E-state index is 0.168. The zero-order valence-electron chi connectivity index (χ0n) is 14.2. The number of thioether (sulfide) groups is 1. The number of tetrazole rings is 1. The molecule has 3 rings (SSSR count). The summed E-state index contributed by atoms with van der Waals surface area (Å²) >= 11 is 1.27. The molecule has 0 aliphatic heterocycles. The van der Waals surface area contributed by atoms with Crippen LogP contribution in [0.5, 0.6) is 0 Å². The fourth-order valence-electron chi connectivity index (χ4n) is 2.18. The molecule has 0 aliphatic carbocycles. The zero-order valence-corrected chi connectivity index (χ0v) is 15.1. The molecule has 7 nitrogen and oxygen atoms in total. The van der Waals surface area contributed by atoms with Crippen LogP contribution in [-0.2, 0) is 4.79 Å². The predicted octanol–water partition coefficient (Wildman–Crippen LogP) is 2.96. The number of nitriles is 1. The van der Waals surface area contributed by atoms with Crippen LogP contribution < -0.4 is 5.32 Å². The Morgan fingerprint density at radius 2 is 1.88 bits per heavy atom. The van der Waals surface area contributed by atoms with Crippen molar-refractivity contribution in [2.24, 2.45) is 0 Å². The summed E-state index contributed by atoms with van der Waals surface area (Å²) < 4.78 is 1.61. The average molecular weight is 364 g/mol. The first kappa shape index (κ1) is 17.6. The summed E-state index contributed by atoms with van der Waals surface area (Å²) in [6, 6.07) is 16.6. The van der Waals surface area contributed by atoms with E-state index in [4.69, 9.17) is 5.26 Å². The smallest absolute Gasteiger partial charge is 0.237 e. The van der Waals surface area contributed by atoms with Crippen LogP contribution in [0.25, 0.3) is 5.69 Å². The van der Waals surface area contributed by atoms with Crippen molar-refractivity contribution >= 4 is 23.4 Å². The Hall–Kier alpha value is -3.18. The monoisotopic (exact) mass is 364 g/mol. The van der Waals surface area contributed by atoms with Gasteiger partial charge in [0.25, 0.3) is 0 Å². The van der Waals surface area contributed by atoms with E-state index >= 15 is 0 Å². The van der Waals surface area contributed by atoms with Crippen LogP contribution in [0, 0.1) is 18.3 Å². The van der Waals surface area contributed by atoms with Crippen molar-refractivity contribution in [1.82, 2.24) is 20.2 Å². The minimum atomic E-state index is -0.402. The summed E-state index contributed by atoms with van der Waals surface area (Å²) in [5, 5.41) is 23.5. The van der Waals surface area contributed by atoms with E-state index in [0.717, 1.165) is 11.3 Å². The number of hydrogen-bond donors (Lipinski definition) is 1. The molecule has 0 saturated heterocycles. The van der Waals surface area contributed by atoms with Crippen molar-refractivity contribution in [2.75, 3.05) is 5.32 Å². The van der Waals surface area contributed by atoms with Gasteiger partial charge >= 0.3 is 0 Å². The van der Waals surface area contributed by atoms with Crippen LogP contribution >= 0.6 is 11.8 Å². The number of carbonyl (C=O) groups excluding carboxylic acids is 1. The first-order valence-corrected chi connectivity index (χ1v) is 8.78. The van der Waals surface area contributed by atoms with Gasteiger partial charge < -0.3 is 5.32 Å². The Bertz CT molecular complexity index is 943. The largest absolute Gasteiger partial charge is 0.325 e. The summed E-state index contributed by atoms with van der Waals surface area (Å²) in [4.78, 5) is 12.4. The fraction of sp³-hybridized carbons (Fsp3) is 0.167. The Labute approximate surface area is 155 Å². The third-order valence-corrected chi connectivity index (χ3v) is 4.69. The van der Waals surface area contributed by atoms with E-state index in [1.807, 2.05) is 37.3 Å². The number of nitrogens with zero attached hydrogens (tertiary/aromatic N) is 5. The normalized spacial score (nSPS) is 11.6. The second-order valence-electron chi connectivity index (χ2n) is 5.65. The summed E-state index contributed by atoms with van der Waals surface area (Å²) in [7, 11) is 0. The van der Waals surface area contributed by atoms with Gasteiger partial charge in [0.05, 0.1) is 22.6 Å². The molecule has 0 saturated carbocycles. The number of rotatable bonds is 5. The molecule has 1 atom stereocenters. The molecule has 0 bridgehead atoms. The summed E-state index contributed by atoms with van der Waals surface area (Å²) in [6.07, 6.45) is 0. The molecule has 0 spiro atoms. The van der Waals surface area contributed by atoms with Crippen LogP contribution in [0.3, 0.4) is 0 Å². The minimum Gasteiger partial charge on any atom is -0.325 e. The molecule has 2 aromatic carbocycles. The molecule has 0 radical (unpaired) electrons. The number of aromatic nitrogens is 4. The molecule has 1 amide bonds. The van der Waals surface area contributed by atoms with Crippen LogP contribution in [-0.4, -0.2) is 31.4 Å². The van der Waals surface area contributed by atoms with Crippen molar-refractivity contribution in [3.05, 3.63) is 59.7 Å². The second-order valence-corrected chi connectivity index (χ2v) is 6.96. The molecule has 130 valence electrons. The number of hydrogen-bond acceptors (Lipinski definition) is 6. The molecular formula is C18H16N6OS. The molecule has 1 aromatic heterocycles. The average Bonchev–Trinajstić information content (AvgIpc) is 3.11. The van der Waals surface area contributed by atoms with E-state index in [2.05, 4.69) is 20.8 Å². The summed E-state index contributed by atoms with van der Waals surface area (Å²) in [5.74, 6) is -0.168. The number of nitrogens with one attached hydrogen (secondary N) is 1. The molecule has 0 aliphatic rings. The number of carbonyl (C=O) groups is 1. The Kier molecular flexibility index (Phi) is 5.29. The number of amides is 1. The zero-order chi connectivity index (χ0) is 18.5. The highest BCUT2D eigenvalue weighted by Gasteiger charge is 2.19. The van der Waals surface area contributed by atoms with Crippen molar-refractivity contribution in [2.45, 2.75) is 24.3 Å². The Morgan fingerprint density at radius 1 is 1.19 bits per heavy atom. The first-order chi connectivity index (χ1) is 12.6. The van der Waals surface area contributed by atoms with Gasteiger partial charge in [0.1, 0.15) is 0 Å². The maximum absolute atomic E-state index is 12.4. The SMILES string of the molecule is Cc1ccc(-n2nnnc2S[C@@H](C)C(=O)Nc2ccc(C#N)cc2)cc1. The highest BCUT2D eigenvalue weighted by atomic mass is 32.2. The first-order valence-electron chi connectivity index (χ1n) is 7.90. The van der Waals surface area contributed by atoms with Crippen LogP contribution in [0.4, 0.5) is 5.69 Å². The quantitative estimate of drug-likeness (QED) is 0.699. The third-order valence-electron chi connectivity index (χ3n) is 3.65. The Balaban J connectivity index is 1.69. The van der Waals surface area contributed by atoms with Crippen molar-refractivity contribution in [3.8, 4) is 11.8 Å². The molecular weight excluding hydrogens is 348 g/mol. The molecule has 3 aromatic rings. The maximum Gasteiger partial charge on any atom is 0.237 e. The van der Waals surface area contributed by atoms with E-state index in [1.54, 1.807) is 35.9 Å². The lowest BCUT2D eigenvalue weighted by Crippen LogP contribution is -2.22. The van der Waals surface area contributed by atoms with Gasteiger partial charge in [-0.1, -0.05) is 29.5 Å². The van der Waals surface area contributed by atoms with E-state index in [1.165, 1.54) is 11.8 Å². The van der Waals surface area contributed by atoms with Gasteiger partial charge in [-0.15, -0.1) is 5.10 Å². The third kappa shape index (κ3) is 4.07. The van der Waals surface area contributed by atoms with Gasteiger partial charge in [-0.3, -0.25) is 4.79 Å². The van der Waals surface area contributed by atoms with Crippen molar-refractivity contribution < 1.29 is 4.79 Å². The molecule has 26 heavy (non-hydrogen) atoms. The number of aryl methyl sites for hydroxylation is 1. The second kappa shape index (κ2) is 7.80. The lowest BCUT2D eigenvalue weighted by molar-refractivity contribution is -0.115. The van der Waals surface area contributed by atoms with E-state index in [0.29, 0.717) is 16.4 Å². The molecule has 0 fully saturated rings. The molecule has 0 unspecified atom stereocenters. The van der Waals surface area contributed by atoms with Crippen LogP contribution in [0.15, 0.2) is 53.7 Å². The van der Waals surface area contributed by atoms with Crippen molar-refractivity contribution in [1.29, 1.82) is 5.26 Å². The molecule has 1 heterocycles. The molecule has 1 N–H and O–H groups in total. The lowest BCUT2D eigenvalue weighted by atomic mass is 10.2. The number of benzene rings is 2. The summed E-state index contributed by atoms with van der Waals surface area (Å²) in [6.45, 7) is 3.80. The maximum atomic E-state index is 12.4. The highest BCUT2D eigenvalue weighted by Crippen LogP contribution is 2.24. The topological polar surface area (TPSA) is 96.5 Å². The summed E-state index contributed by atoms with van der Waals surface area (Å²) in [5.41, 5.74) is 3.16. The number of anilines is 1. The van der Waals surface area contributed by atoms with Crippen LogP contribution in [0.2, 0.25) is 0 Å². The Morgan fingerprint density at radius 3 is 2.54 bits per heavy atom. The van der Waals surface area contributed by atoms with Gasteiger partial charge in [0.15, 0.2) is 0 Å². The van der Waals surface area contributed by atoms with Gasteiger partial charge in [-0.05, 0) is 60.7 Å². The van der Waals surface area contributed by atoms with Gasteiger partial charge in [0, 0.05) is 5.69 Å². The van der Waals surface area contributed by atoms with Gasteiger partial charge in [0.2, 0.25) is 11.1 Å². The molecule has 8 heteroatoms. The van der Waals surface area contributed by atoms with E-state index in [9.17, 15) is 4.79 Å². The van der Waals surface area contributed by atoms with E-state index < -0.39 is 5.25 Å². The standard InChI is InChI=1S/C18H16N6OS/c1-12-3-9-16(10-4-12)24-18(21-22-23-24)26-13(2)17(25)20-15-7-5-14(11-19)6-8-15/h3-10,13H,1-2H3,(H,20,25)/t13-/m0/s1. The van der Waals surface area contributed by atoms with Gasteiger partial charge in [-0.2, -0.15) is 9.94 Å². The van der Waals surface area contributed by atoms with E-state index in [-0.39, 0.29) is 5.91 Å². The van der Waals surface area contributed by atoms with Crippen molar-refractivity contribution in [3.63, 3.8) is 0 Å². The van der Waals surface area contributed by atoms with Gasteiger partial charge in [-0.25, -0.2) is 0 Å². The highest BCUT2D eigenvalue weighted by molar-refractivity contribution is 8.00. The lowest BCUT2D eigenvalue weighted by Gasteiger charge is -2.12. The van der Waals surface area contributed by atoms with Crippen LogP contribution in [0.1, 0.15) is 18.1 Å².